The van der Waals surface area contributed by atoms with E-state index in [1.54, 1.807) is 0 Å². The van der Waals surface area contributed by atoms with E-state index >= 15 is 0 Å². The molecule has 0 saturated heterocycles. The zero-order valence-corrected chi connectivity index (χ0v) is 8.98. The second-order valence-corrected chi connectivity index (χ2v) is 5.52. The van der Waals surface area contributed by atoms with Crippen LogP contribution >= 0.6 is 33.9 Å². The molecule has 72 valence electrons. The standard InChI is InChI=1S/C6H2Cl3FO2S/c7-3-1-4(8)6(10)5(2-3)13(9,11)12/h1-2H. The fourth-order valence-electron chi connectivity index (χ4n) is 0.710. The van der Waals surface area contributed by atoms with Crippen LogP contribution in [-0.2, 0) is 9.05 Å². The molecule has 1 rings (SSSR count). The highest BCUT2D eigenvalue weighted by Gasteiger charge is 2.19. The summed E-state index contributed by atoms with van der Waals surface area (Å²) in [5, 5.41) is -0.377. The lowest BCUT2D eigenvalue weighted by Crippen LogP contribution is -1.95. The van der Waals surface area contributed by atoms with Gasteiger partial charge in [0.25, 0.3) is 9.05 Å². The molecule has 0 amide bonds. The predicted molar refractivity (Wildman–Crippen MR) is 49.5 cm³/mol. The van der Waals surface area contributed by atoms with Crippen LogP contribution in [0.1, 0.15) is 0 Å². The molecule has 1 aromatic carbocycles. The van der Waals surface area contributed by atoms with Crippen molar-refractivity contribution in [2.24, 2.45) is 0 Å². The monoisotopic (exact) mass is 262 g/mol. The molecule has 0 aliphatic carbocycles. The Morgan fingerprint density at radius 3 is 2.23 bits per heavy atom. The maximum absolute atomic E-state index is 13.0. The zero-order chi connectivity index (χ0) is 10.2. The largest absolute Gasteiger partial charge is 0.264 e. The number of rotatable bonds is 1. The first kappa shape index (κ1) is 11.0. The van der Waals surface area contributed by atoms with E-state index in [1.165, 1.54) is 0 Å². The fourth-order valence-corrected chi connectivity index (χ4v) is 2.25. The first-order valence-electron chi connectivity index (χ1n) is 2.91. The van der Waals surface area contributed by atoms with Crippen molar-refractivity contribution in [3.8, 4) is 0 Å². The lowest BCUT2D eigenvalue weighted by atomic mass is 10.3. The summed E-state index contributed by atoms with van der Waals surface area (Å²) in [6.07, 6.45) is 0. The van der Waals surface area contributed by atoms with Gasteiger partial charge < -0.3 is 0 Å². The summed E-state index contributed by atoms with van der Waals surface area (Å²) >= 11 is 10.8. The first-order chi connectivity index (χ1) is 5.82. The van der Waals surface area contributed by atoms with Gasteiger partial charge in [-0.3, -0.25) is 0 Å². The molecule has 0 saturated carbocycles. The van der Waals surface area contributed by atoms with Gasteiger partial charge in [-0.1, -0.05) is 23.2 Å². The summed E-state index contributed by atoms with van der Waals surface area (Å²) in [6, 6.07) is 1.98. The summed E-state index contributed by atoms with van der Waals surface area (Å²) in [6.45, 7) is 0. The van der Waals surface area contributed by atoms with Crippen LogP contribution in [-0.4, -0.2) is 8.42 Å². The minimum Gasteiger partial charge on any atom is -0.207 e. The molecule has 1 aromatic rings. The van der Waals surface area contributed by atoms with Gasteiger partial charge in [-0.25, -0.2) is 12.8 Å². The Kier molecular flexibility index (Phi) is 3.07. The second kappa shape index (κ2) is 3.61. The minimum absolute atomic E-state index is 0.00521. The van der Waals surface area contributed by atoms with Gasteiger partial charge in [0.2, 0.25) is 0 Å². The molecule has 13 heavy (non-hydrogen) atoms. The topological polar surface area (TPSA) is 34.1 Å². The molecule has 7 heteroatoms. The quantitative estimate of drug-likeness (QED) is 0.576. The molecule has 0 atom stereocenters. The Balaban J connectivity index is 3.56. The van der Waals surface area contributed by atoms with Gasteiger partial charge in [-0.2, -0.15) is 0 Å². The molecule has 2 nitrogen and oxygen atoms in total. The van der Waals surface area contributed by atoms with Crippen LogP contribution in [0.25, 0.3) is 0 Å². The van der Waals surface area contributed by atoms with Crippen LogP contribution in [0.3, 0.4) is 0 Å². The van der Waals surface area contributed by atoms with Gasteiger partial charge >= 0.3 is 0 Å². The van der Waals surface area contributed by atoms with Gasteiger partial charge in [-0.15, -0.1) is 0 Å². The van der Waals surface area contributed by atoms with E-state index in [2.05, 4.69) is 0 Å². The van der Waals surface area contributed by atoms with Crippen LogP contribution in [0.4, 0.5) is 4.39 Å². The van der Waals surface area contributed by atoms with Gasteiger partial charge in [0.05, 0.1) is 5.02 Å². The Hall–Kier alpha value is -0.0300. The highest BCUT2D eigenvalue weighted by Crippen LogP contribution is 2.28. The van der Waals surface area contributed by atoms with Crippen LogP contribution in [0, 0.1) is 5.82 Å². The third-order valence-corrected chi connectivity index (χ3v) is 3.04. The smallest absolute Gasteiger partial charge is 0.207 e. The lowest BCUT2D eigenvalue weighted by Gasteiger charge is -2.01. The number of hydrogen-bond donors (Lipinski definition) is 0. The van der Waals surface area contributed by atoms with Crippen molar-refractivity contribution < 1.29 is 12.8 Å². The molecule has 0 radical (unpaired) electrons. The normalized spacial score (nSPS) is 11.7. The molecule has 0 unspecified atom stereocenters. The third kappa shape index (κ3) is 2.47. The Morgan fingerprint density at radius 1 is 1.23 bits per heavy atom. The molecule has 0 bridgehead atoms. The van der Waals surface area contributed by atoms with Crippen molar-refractivity contribution in [2.45, 2.75) is 4.90 Å². The maximum Gasteiger partial charge on any atom is 0.264 e. The van der Waals surface area contributed by atoms with Crippen molar-refractivity contribution >= 4 is 42.9 Å². The van der Waals surface area contributed by atoms with E-state index in [4.69, 9.17) is 33.9 Å². The van der Waals surface area contributed by atoms with Crippen molar-refractivity contribution in [3.05, 3.63) is 28.0 Å². The van der Waals surface area contributed by atoms with E-state index in [0.717, 1.165) is 12.1 Å². The van der Waals surface area contributed by atoms with E-state index in [9.17, 15) is 12.8 Å². The van der Waals surface area contributed by atoms with Crippen molar-refractivity contribution in [1.82, 2.24) is 0 Å². The van der Waals surface area contributed by atoms with Crippen molar-refractivity contribution in [1.29, 1.82) is 0 Å². The number of hydrogen-bond acceptors (Lipinski definition) is 2. The van der Waals surface area contributed by atoms with Gasteiger partial charge in [0.15, 0.2) is 5.82 Å². The summed E-state index contributed by atoms with van der Waals surface area (Å²) in [4.78, 5) is -0.716. The molecule has 0 aromatic heterocycles. The molecule has 0 aliphatic rings. The Morgan fingerprint density at radius 2 is 1.77 bits per heavy atom. The number of benzene rings is 1. The van der Waals surface area contributed by atoms with E-state index in [1.807, 2.05) is 0 Å². The SMILES string of the molecule is O=S(=O)(Cl)c1cc(Cl)cc(Cl)c1F. The van der Waals surface area contributed by atoms with Gasteiger partial charge in [0.1, 0.15) is 4.90 Å². The van der Waals surface area contributed by atoms with Crippen LogP contribution < -0.4 is 0 Å². The predicted octanol–water partition coefficient (Wildman–Crippen LogP) is 3.06. The Bertz CT molecular complexity index is 443. The first-order valence-corrected chi connectivity index (χ1v) is 5.98. The highest BCUT2D eigenvalue weighted by atomic mass is 35.7. The average Bonchev–Trinajstić information content (AvgIpc) is 1.94. The van der Waals surface area contributed by atoms with E-state index in [0.29, 0.717) is 0 Å². The maximum atomic E-state index is 13.0. The average molecular weight is 264 g/mol. The number of halogens is 4. The summed E-state index contributed by atoms with van der Waals surface area (Å²) in [5.74, 6) is -1.10. The lowest BCUT2D eigenvalue weighted by molar-refractivity contribution is 0.576. The minimum atomic E-state index is -4.15. The van der Waals surface area contributed by atoms with Crippen LogP contribution in [0.5, 0.6) is 0 Å². The Labute approximate surface area is 88.6 Å². The molecular weight excluding hydrogens is 261 g/mol. The second-order valence-electron chi connectivity index (χ2n) is 2.14. The molecule has 0 spiro atoms. The molecule has 0 aliphatic heterocycles. The molecule has 0 N–H and O–H groups in total. The third-order valence-electron chi connectivity index (χ3n) is 1.22. The van der Waals surface area contributed by atoms with Crippen molar-refractivity contribution in [2.75, 3.05) is 0 Å². The van der Waals surface area contributed by atoms with E-state index < -0.39 is 19.8 Å². The fraction of sp³-hybridized carbons (Fsp3) is 0. The van der Waals surface area contributed by atoms with E-state index in [-0.39, 0.29) is 10.0 Å². The van der Waals surface area contributed by atoms with Gasteiger partial charge in [0, 0.05) is 15.7 Å². The summed E-state index contributed by atoms with van der Waals surface area (Å²) in [7, 11) is 0.773. The molecular formula is C6H2Cl3FO2S. The molecule has 0 heterocycles. The summed E-state index contributed by atoms with van der Waals surface area (Å²) in [5.41, 5.74) is 0. The van der Waals surface area contributed by atoms with Gasteiger partial charge in [-0.05, 0) is 12.1 Å². The van der Waals surface area contributed by atoms with Crippen LogP contribution in [0.2, 0.25) is 10.0 Å². The van der Waals surface area contributed by atoms with Crippen LogP contribution in [0.15, 0.2) is 17.0 Å². The summed E-state index contributed by atoms with van der Waals surface area (Å²) < 4.78 is 34.6. The molecule has 0 fully saturated rings. The zero-order valence-electron chi connectivity index (χ0n) is 5.89. The van der Waals surface area contributed by atoms with Crippen molar-refractivity contribution in [3.63, 3.8) is 0 Å². The highest BCUT2D eigenvalue weighted by molar-refractivity contribution is 8.13.